The summed E-state index contributed by atoms with van der Waals surface area (Å²) in [7, 11) is 0. The van der Waals surface area contributed by atoms with Gasteiger partial charge in [-0.2, -0.15) is 0 Å². The molecule has 31 heavy (non-hydrogen) atoms. The summed E-state index contributed by atoms with van der Waals surface area (Å²) in [6.45, 7) is 1.62. The summed E-state index contributed by atoms with van der Waals surface area (Å²) in [6.07, 6.45) is 0. The highest BCUT2D eigenvalue weighted by molar-refractivity contribution is 6.30. The van der Waals surface area contributed by atoms with Crippen LogP contribution in [0, 0.1) is 0 Å². The second-order valence-electron chi connectivity index (χ2n) is 7.28. The first-order valence-corrected chi connectivity index (χ1v) is 10.8. The van der Waals surface area contributed by atoms with Gasteiger partial charge in [-0.05, 0) is 53.1 Å². The summed E-state index contributed by atoms with van der Waals surface area (Å²) in [5.74, 6) is 0.0299. The van der Waals surface area contributed by atoms with Crippen molar-refractivity contribution in [3.63, 3.8) is 0 Å². The van der Waals surface area contributed by atoms with Gasteiger partial charge in [0.1, 0.15) is 0 Å². The van der Waals surface area contributed by atoms with Crippen molar-refractivity contribution in [1.29, 1.82) is 0 Å². The number of anilines is 2. The molecule has 3 aromatic rings. The number of aliphatic hydroxyl groups is 3. The Bertz CT molecular complexity index is 909. The Kier molecular flexibility index (Phi) is 8.74. The van der Waals surface area contributed by atoms with Crippen LogP contribution in [0.3, 0.4) is 0 Å². The number of benzene rings is 3. The maximum atomic E-state index is 9.31. The van der Waals surface area contributed by atoms with Gasteiger partial charge in [0.05, 0.1) is 19.8 Å². The molecular weight excluding hydrogens is 412 g/mol. The molecule has 3 rings (SSSR count). The molecule has 0 saturated heterocycles. The number of hydrogen-bond acceptors (Lipinski definition) is 5. The molecule has 0 saturated carbocycles. The zero-order chi connectivity index (χ0) is 22.1. The fourth-order valence-corrected chi connectivity index (χ4v) is 3.84. The van der Waals surface area contributed by atoms with Crippen molar-refractivity contribution in [3.05, 3.63) is 94.5 Å². The Morgan fingerprint density at radius 1 is 0.677 bits per heavy atom. The molecule has 0 aliphatic rings. The molecule has 0 aliphatic heterocycles. The summed E-state index contributed by atoms with van der Waals surface area (Å²) in [6, 6.07) is 24.4. The van der Waals surface area contributed by atoms with Gasteiger partial charge in [0.25, 0.3) is 0 Å². The van der Waals surface area contributed by atoms with E-state index in [2.05, 4.69) is 29.6 Å². The molecule has 0 aliphatic carbocycles. The zero-order valence-electron chi connectivity index (χ0n) is 17.4. The van der Waals surface area contributed by atoms with E-state index in [1.165, 1.54) is 0 Å². The number of aliphatic hydroxyl groups excluding tert-OH is 3. The lowest BCUT2D eigenvalue weighted by Gasteiger charge is -2.24. The van der Waals surface area contributed by atoms with Crippen molar-refractivity contribution >= 4 is 23.0 Å². The molecule has 0 fully saturated rings. The van der Waals surface area contributed by atoms with Crippen molar-refractivity contribution in [2.75, 3.05) is 49.7 Å². The third-order valence-corrected chi connectivity index (χ3v) is 5.47. The van der Waals surface area contributed by atoms with Crippen LogP contribution in [0.15, 0.2) is 72.8 Å². The smallest absolute Gasteiger partial charge is 0.0606 e. The van der Waals surface area contributed by atoms with E-state index < -0.39 is 0 Å². The molecule has 5 nitrogen and oxygen atoms in total. The summed E-state index contributed by atoms with van der Waals surface area (Å²) >= 11 is 6.12. The fraction of sp³-hybridized carbons (Fsp3) is 0.280. The molecule has 0 amide bonds. The average Bonchev–Trinajstić information content (AvgIpc) is 2.80. The second-order valence-corrected chi connectivity index (χ2v) is 7.72. The van der Waals surface area contributed by atoms with E-state index in [0.29, 0.717) is 24.7 Å². The Morgan fingerprint density at radius 3 is 1.65 bits per heavy atom. The number of halogens is 1. The average molecular weight is 441 g/mol. The van der Waals surface area contributed by atoms with Crippen LogP contribution in [0.25, 0.3) is 0 Å². The Labute approximate surface area is 188 Å². The molecular formula is C25H29ClN2O3. The molecule has 1 unspecified atom stereocenters. The maximum absolute atomic E-state index is 9.31. The van der Waals surface area contributed by atoms with Crippen LogP contribution in [-0.4, -0.2) is 54.8 Å². The third kappa shape index (κ3) is 6.21. The normalized spacial score (nSPS) is 11.9. The number of nitrogens with one attached hydrogen (secondary N) is 1. The molecule has 1 atom stereocenters. The van der Waals surface area contributed by atoms with E-state index >= 15 is 0 Å². The van der Waals surface area contributed by atoms with Gasteiger partial charge in [-0.3, -0.25) is 0 Å². The summed E-state index contributed by atoms with van der Waals surface area (Å²) in [5.41, 5.74) is 5.34. The lowest BCUT2D eigenvalue weighted by atomic mass is 9.85. The minimum Gasteiger partial charge on any atom is -0.395 e. The van der Waals surface area contributed by atoms with E-state index in [4.69, 9.17) is 16.7 Å². The first kappa shape index (κ1) is 23.1. The molecule has 3 aromatic carbocycles. The van der Waals surface area contributed by atoms with Crippen LogP contribution < -0.4 is 10.2 Å². The Balaban J connectivity index is 1.94. The van der Waals surface area contributed by atoms with Gasteiger partial charge in [0.15, 0.2) is 0 Å². The first-order valence-electron chi connectivity index (χ1n) is 10.4. The minimum atomic E-state index is 0.0299. The monoisotopic (exact) mass is 440 g/mol. The highest BCUT2D eigenvalue weighted by Crippen LogP contribution is 2.34. The van der Waals surface area contributed by atoms with Gasteiger partial charge in [-0.15, -0.1) is 0 Å². The summed E-state index contributed by atoms with van der Waals surface area (Å²) in [4.78, 5) is 1.96. The third-order valence-electron chi connectivity index (χ3n) is 5.22. The summed E-state index contributed by atoms with van der Waals surface area (Å²) in [5, 5.41) is 31.5. The number of rotatable bonds is 11. The lowest BCUT2D eigenvalue weighted by molar-refractivity contribution is 0.281. The van der Waals surface area contributed by atoms with Gasteiger partial charge in [0, 0.05) is 41.9 Å². The summed E-state index contributed by atoms with van der Waals surface area (Å²) < 4.78 is 0. The molecule has 0 spiro atoms. The predicted octanol–water partition coefficient (Wildman–Crippen LogP) is 3.72. The fourth-order valence-electron chi connectivity index (χ4n) is 3.72. The quantitative estimate of drug-likeness (QED) is 0.342. The van der Waals surface area contributed by atoms with Crippen molar-refractivity contribution in [1.82, 2.24) is 0 Å². The molecule has 0 bridgehead atoms. The molecule has 164 valence electrons. The highest BCUT2D eigenvalue weighted by Gasteiger charge is 2.17. The van der Waals surface area contributed by atoms with Gasteiger partial charge < -0.3 is 25.5 Å². The van der Waals surface area contributed by atoms with E-state index in [-0.39, 0.29) is 25.7 Å². The first-order chi connectivity index (χ1) is 15.2. The molecule has 6 heteroatoms. The molecule has 0 aromatic heterocycles. The standard InChI is InChI=1S/C25H29ClN2O3/c26-22-7-1-19(2-8-22)25(20-3-9-23(10-4-20)27-13-16-29)21-5-11-24(12-6-21)28(14-17-30)15-18-31/h1-12,25,27,29-31H,13-18H2. The van der Waals surface area contributed by atoms with Crippen molar-refractivity contribution in [2.45, 2.75) is 5.92 Å². The van der Waals surface area contributed by atoms with Crippen LogP contribution in [0.1, 0.15) is 22.6 Å². The zero-order valence-corrected chi connectivity index (χ0v) is 18.2. The van der Waals surface area contributed by atoms with Gasteiger partial charge >= 0.3 is 0 Å². The van der Waals surface area contributed by atoms with Crippen LogP contribution in [0.5, 0.6) is 0 Å². The molecule has 0 radical (unpaired) electrons. The lowest BCUT2D eigenvalue weighted by Crippen LogP contribution is -2.29. The second kappa shape index (κ2) is 11.7. The molecule has 0 heterocycles. The Hall–Kier alpha value is -2.57. The van der Waals surface area contributed by atoms with Crippen LogP contribution in [0.2, 0.25) is 5.02 Å². The van der Waals surface area contributed by atoms with Gasteiger partial charge in [0.2, 0.25) is 0 Å². The predicted molar refractivity (Wildman–Crippen MR) is 127 cm³/mol. The largest absolute Gasteiger partial charge is 0.395 e. The van der Waals surface area contributed by atoms with Gasteiger partial charge in [-0.25, -0.2) is 0 Å². The van der Waals surface area contributed by atoms with Crippen LogP contribution in [0.4, 0.5) is 11.4 Å². The van der Waals surface area contributed by atoms with Crippen LogP contribution >= 0.6 is 11.6 Å². The van der Waals surface area contributed by atoms with E-state index in [1.807, 2.05) is 53.4 Å². The molecule has 4 N–H and O–H groups in total. The number of nitrogens with zero attached hydrogens (tertiary/aromatic N) is 1. The maximum Gasteiger partial charge on any atom is 0.0606 e. The van der Waals surface area contributed by atoms with Crippen molar-refractivity contribution in [3.8, 4) is 0 Å². The van der Waals surface area contributed by atoms with Crippen LogP contribution in [-0.2, 0) is 0 Å². The van der Waals surface area contributed by atoms with Gasteiger partial charge in [-0.1, -0.05) is 48.0 Å². The number of hydrogen-bond donors (Lipinski definition) is 4. The topological polar surface area (TPSA) is 76.0 Å². The van der Waals surface area contributed by atoms with E-state index in [0.717, 1.165) is 28.1 Å². The van der Waals surface area contributed by atoms with Crippen molar-refractivity contribution < 1.29 is 15.3 Å². The van der Waals surface area contributed by atoms with E-state index in [9.17, 15) is 10.2 Å². The highest BCUT2D eigenvalue weighted by atomic mass is 35.5. The minimum absolute atomic E-state index is 0.0299. The Morgan fingerprint density at radius 2 is 1.16 bits per heavy atom. The van der Waals surface area contributed by atoms with Crippen molar-refractivity contribution in [2.24, 2.45) is 0 Å². The van der Waals surface area contributed by atoms with E-state index in [1.54, 1.807) is 0 Å². The SMILES string of the molecule is OCCNc1ccc(C(c2ccc(Cl)cc2)c2ccc(N(CCO)CCO)cc2)cc1.